The van der Waals surface area contributed by atoms with Gasteiger partial charge in [-0.3, -0.25) is 0 Å². The lowest BCUT2D eigenvalue weighted by molar-refractivity contribution is 0.171. The van der Waals surface area contributed by atoms with Gasteiger partial charge in [-0.1, -0.05) is 25.5 Å². The first-order chi connectivity index (χ1) is 8.51. The van der Waals surface area contributed by atoms with E-state index in [4.69, 9.17) is 4.74 Å². The van der Waals surface area contributed by atoms with Gasteiger partial charge in [0, 0.05) is 17.6 Å². The average molecular weight is 336 g/mol. The number of ether oxygens (including phenoxy) is 1. The highest BCUT2D eigenvalue weighted by molar-refractivity contribution is 9.10. The molecule has 1 aromatic carbocycles. The number of nitrogens with one attached hydrogen (secondary N) is 1. The summed E-state index contributed by atoms with van der Waals surface area (Å²) in [6, 6.07) is 6.56. The van der Waals surface area contributed by atoms with E-state index in [1.54, 1.807) is 31.4 Å². The van der Waals surface area contributed by atoms with Gasteiger partial charge in [0.05, 0.1) is 11.5 Å². The molecular formula is C12H18BrNO3S. The van der Waals surface area contributed by atoms with Crippen molar-refractivity contribution in [3.63, 3.8) is 0 Å². The Morgan fingerprint density at radius 2 is 2.06 bits per heavy atom. The first kappa shape index (κ1) is 15.6. The molecule has 0 bridgehead atoms. The molecule has 0 aliphatic rings. The molecule has 6 heteroatoms. The van der Waals surface area contributed by atoms with E-state index in [1.165, 1.54) is 0 Å². The molecule has 1 N–H and O–H groups in total. The highest BCUT2D eigenvalue weighted by Gasteiger charge is 2.21. The van der Waals surface area contributed by atoms with Gasteiger partial charge in [-0.05, 0) is 34.5 Å². The predicted octanol–water partition coefficient (Wildman–Crippen LogP) is 2.54. The molecule has 0 fully saturated rings. The van der Waals surface area contributed by atoms with Crippen molar-refractivity contribution in [2.24, 2.45) is 0 Å². The van der Waals surface area contributed by atoms with Crippen LogP contribution in [0.3, 0.4) is 0 Å². The van der Waals surface area contributed by atoms with Gasteiger partial charge in [0.25, 0.3) is 0 Å². The van der Waals surface area contributed by atoms with E-state index in [0.717, 1.165) is 12.8 Å². The van der Waals surface area contributed by atoms with Crippen molar-refractivity contribution in [1.82, 2.24) is 4.72 Å². The first-order valence-corrected chi connectivity index (χ1v) is 8.04. The van der Waals surface area contributed by atoms with E-state index in [9.17, 15) is 8.42 Å². The zero-order valence-corrected chi connectivity index (χ0v) is 12.9. The van der Waals surface area contributed by atoms with Crippen molar-refractivity contribution >= 4 is 26.0 Å². The molecule has 102 valence electrons. The third-order valence-electron chi connectivity index (χ3n) is 2.45. The number of halogens is 1. The van der Waals surface area contributed by atoms with E-state index in [0.29, 0.717) is 11.1 Å². The maximum Gasteiger partial charge on any atom is 0.242 e. The van der Waals surface area contributed by atoms with Gasteiger partial charge in [0.15, 0.2) is 0 Å². The highest BCUT2D eigenvalue weighted by Crippen LogP contribution is 2.21. The topological polar surface area (TPSA) is 55.4 Å². The number of methoxy groups -OCH3 is 1. The van der Waals surface area contributed by atoms with Gasteiger partial charge < -0.3 is 4.74 Å². The van der Waals surface area contributed by atoms with Crippen LogP contribution in [0.5, 0.6) is 0 Å². The van der Waals surface area contributed by atoms with E-state index in [-0.39, 0.29) is 10.9 Å². The summed E-state index contributed by atoms with van der Waals surface area (Å²) in [6.45, 7) is 2.38. The minimum Gasteiger partial charge on any atom is -0.383 e. The first-order valence-electron chi connectivity index (χ1n) is 5.77. The van der Waals surface area contributed by atoms with Crippen LogP contribution in [0.2, 0.25) is 0 Å². The molecule has 0 aliphatic heterocycles. The zero-order valence-electron chi connectivity index (χ0n) is 10.5. The summed E-state index contributed by atoms with van der Waals surface area (Å²) in [4.78, 5) is 0.252. The van der Waals surface area contributed by atoms with Gasteiger partial charge >= 0.3 is 0 Å². The van der Waals surface area contributed by atoms with Crippen LogP contribution in [0.1, 0.15) is 19.8 Å². The molecule has 0 spiro atoms. The summed E-state index contributed by atoms with van der Waals surface area (Å²) in [5.41, 5.74) is 0. The molecule has 0 saturated heterocycles. The van der Waals surface area contributed by atoms with Crippen molar-refractivity contribution in [2.75, 3.05) is 13.7 Å². The molecule has 0 aromatic heterocycles. The molecule has 0 saturated carbocycles. The minimum atomic E-state index is -3.51. The molecule has 1 atom stereocenters. The molecule has 1 unspecified atom stereocenters. The number of benzene rings is 1. The van der Waals surface area contributed by atoms with Gasteiger partial charge in [-0.15, -0.1) is 0 Å². The summed E-state index contributed by atoms with van der Waals surface area (Å²) < 4.78 is 32.7. The maximum atomic E-state index is 12.2. The molecular weight excluding hydrogens is 318 g/mol. The van der Waals surface area contributed by atoms with E-state index in [1.807, 2.05) is 6.92 Å². The Bertz CT molecular complexity index is 470. The number of rotatable bonds is 7. The fraction of sp³-hybridized carbons (Fsp3) is 0.500. The summed E-state index contributed by atoms with van der Waals surface area (Å²) in [6.07, 6.45) is 1.64. The smallest absolute Gasteiger partial charge is 0.242 e. The molecule has 0 aliphatic carbocycles. The van der Waals surface area contributed by atoms with Crippen molar-refractivity contribution in [3.05, 3.63) is 28.7 Å². The Labute approximate surface area is 117 Å². The van der Waals surface area contributed by atoms with E-state index < -0.39 is 10.0 Å². The molecule has 0 heterocycles. The van der Waals surface area contributed by atoms with Gasteiger partial charge in [-0.25, -0.2) is 13.1 Å². The van der Waals surface area contributed by atoms with Crippen LogP contribution in [-0.4, -0.2) is 28.2 Å². The van der Waals surface area contributed by atoms with Crippen molar-refractivity contribution in [2.45, 2.75) is 30.7 Å². The largest absolute Gasteiger partial charge is 0.383 e. The Hall–Kier alpha value is -0.430. The van der Waals surface area contributed by atoms with Gasteiger partial charge in [-0.2, -0.15) is 0 Å². The normalized spacial score (nSPS) is 13.5. The second-order valence-electron chi connectivity index (χ2n) is 3.99. The molecule has 0 amide bonds. The lowest BCUT2D eigenvalue weighted by Crippen LogP contribution is -2.38. The van der Waals surface area contributed by atoms with Crippen LogP contribution < -0.4 is 4.72 Å². The lowest BCUT2D eigenvalue weighted by Gasteiger charge is -2.17. The highest BCUT2D eigenvalue weighted by atomic mass is 79.9. The Balaban J connectivity index is 2.90. The summed E-state index contributed by atoms with van der Waals surface area (Å²) >= 11 is 3.25. The zero-order chi connectivity index (χ0) is 13.6. The SMILES string of the molecule is CCCC(COC)NS(=O)(=O)c1ccccc1Br. The van der Waals surface area contributed by atoms with Gasteiger partial charge in [0.1, 0.15) is 0 Å². The van der Waals surface area contributed by atoms with Crippen LogP contribution in [0.25, 0.3) is 0 Å². The molecule has 18 heavy (non-hydrogen) atoms. The molecule has 4 nitrogen and oxygen atoms in total. The Morgan fingerprint density at radius 3 is 2.61 bits per heavy atom. The second kappa shape index (κ2) is 7.23. The van der Waals surface area contributed by atoms with E-state index in [2.05, 4.69) is 20.7 Å². The summed E-state index contributed by atoms with van der Waals surface area (Å²) in [5, 5.41) is 0. The summed E-state index contributed by atoms with van der Waals surface area (Å²) in [5.74, 6) is 0. The van der Waals surface area contributed by atoms with Crippen LogP contribution in [0, 0.1) is 0 Å². The standard InChI is InChI=1S/C12H18BrNO3S/c1-3-6-10(9-17-2)14-18(15,16)12-8-5-4-7-11(12)13/h4-5,7-8,10,14H,3,6,9H2,1-2H3. The van der Waals surface area contributed by atoms with Crippen LogP contribution in [0.15, 0.2) is 33.6 Å². The van der Waals surface area contributed by atoms with E-state index >= 15 is 0 Å². The van der Waals surface area contributed by atoms with Gasteiger partial charge in [0.2, 0.25) is 10.0 Å². The molecule has 1 rings (SSSR count). The average Bonchev–Trinajstić information content (AvgIpc) is 2.29. The van der Waals surface area contributed by atoms with Crippen molar-refractivity contribution < 1.29 is 13.2 Å². The van der Waals surface area contributed by atoms with Crippen LogP contribution >= 0.6 is 15.9 Å². The predicted molar refractivity (Wildman–Crippen MR) is 75.0 cm³/mol. The third kappa shape index (κ3) is 4.35. The minimum absolute atomic E-state index is 0.197. The monoisotopic (exact) mass is 335 g/mol. The van der Waals surface area contributed by atoms with Crippen LogP contribution in [-0.2, 0) is 14.8 Å². The van der Waals surface area contributed by atoms with Crippen LogP contribution in [0.4, 0.5) is 0 Å². The van der Waals surface area contributed by atoms with Crippen molar-refractivity contribution in [3.8, 4) is 0 Å². The number of hydrogen-bond donors (Lipinski definition) is 1. The third-order valence-corrected chi connectivity index (χ3v) is 4.99. The lowest BCUT2D eigenvalue weighted by atomic mass is 10.2. The van der Waals surface area contributed by atoms with Crippen molar-refractivity contribution in [1.29, 1.82) is 0 Å². The number of hydrogen-bond acceptors (Lipinski definition) is 3. The summed E-state index contributed by atoms with van der Waals surface area (Å²) in [7, 11) is -1.95. The Morgan fingerprint density at radius 1 is 1.39 bits per heavy atom. The fourth-order valence-corrected chi connectivity index (χ4v) is 3.93. The quantitative estimate of drug-likeness (QED) is 0.833. The Kier molecular flexibility index (Phi) is 6.28. The second-order valence-corrected chi connectivity index (χ2v) is 6.53. The molecule has 1 aromatic rings. The fourth-order valence-electron chi connectivity index (χ4n) is 1.67. The molecule has 0 radical (unpaired) electrons. The number of sulfonamides is 1. The maximum absolute atomic E-state index is 12.2.